The molecule has 3 saturated heterocycles. The fourth-order valence-corrected chi connectivity index (χ4v) is 4.19. The summed E-state index contributed by atoms with van der Waals surface area (Å²) < 4.78 is 5.86. The summed E-state index contributed by atoms with van der Waals surface area (Å²) in [6.07, 6.45) is 2.54. The Bertz CT molecular complexity index is 581. The highest BCUT2D eigenvalue weighted by atomic mass is 16.4. The molecule has 1 amide bonds. The van der Waals surface area contributed by atoms with Crippen molar-refractivity contribution in [1.82, 2.24) is 19.6 Å². The number of furan rings is 1. The van der Waals surface area contributed by atoms with Gasteiger partial charge in [0.2, 0.25) is 0 Å². The van der Waals surface area contributed by atoms with Gasteiger partial charge in [-0.05, 0) is 45.1 Å². The van der Waals surface area contributed by atoms with Crippen LogP contribution in [0.3, 0.4) is 0 Å². The molecule has 1 unspecified atom stereocenters. The molecule has 3 aliphatic rings. The zero-order valence-electron chi connectivity index (χ0n) is 14.6. The van der Waals surface area contributed by atoms with Crippen molar-refractivity contribution in [3.05, 3.63) is 23.7 Å². The third kappa shape index (κ3) is 3.36. The van der Waals surface area contributed by atoms with Crippen LogP contribution in [0.2, 0.25) is 0 Å². The summed E-state index contributed by atoms with van der Waals surface area (Å²) in [5.41, 5.74) is 0. The molecular formula is C18H28N4O2. The lowest BCUT2D eigenvalue weighted by Crippen LogP contribution is -2.62. The maximum absolute atomic E-state index is 12.8. The summed E-state index contributed by atoms with van der Waals surface area (Å²) in [6, 6.07) is 4.28. The van der Waals surface area contributed by atoms with E-state index in [1.165, 1.54) is 12.8 Å². The summed E-state index contributed by atoms with van der Waals surface area (Å²) in [5, 5.41) is 0. The van der Waals surface area contributed by atoms with Crippen LogP contribution in [-0.2, 0) is 6.54 Å². The van der Waals surface area contributed by atoms with E-state index in [2.05, 4.69) is 21.7 Å². The lowest BCUT2D eigenvalue weighted by Gasteiger charge is -2.46. The first-order valence-electron chi connectivity index (χ1n) is 9.22. The number of rotatable bonds is 3. The van der Waals surface area contributed by atoms with Crippen molar-refractivity contribution in [3.63, 3.8) is 0 Å². The lowest BCUT2D eigenvalue weighted by atomic mass is 10.1. The maximum atomic E-state index is 12.8. The molecule has 0 aliphatic carbocycles. The first-order chi connectivity index (χ1) is 11.7. The quantitative estimate of drug-likeness (QED) is 0.824. The van der Waals surface area contributed by atoms with E-state index in [1.54, 1.807) is 0 Å². The van der Waals surface area contributed by atoms with Crippen LogP contribution < -0.4 is 0 Å². The van der Waals surface area contributed by atoms with Crippen molar-refractivity contribution in [2.75, 3.05) is 59.4 Å². The molecule has 0 saturated carbocycles. The third-order valence-electron chi connectivity index (χ3n) is 5.63. The molecule has 3 aliphatic heterocycles. The number of carbonyl (C=O) groups is 1. The smallest absolute Gasteiger partial charge is 0.289 e. The lowest BCUT2D eigenvalue weighted by molar-refractivity contribution is 0.0174. The molecular weight excluding hydrogens is 304 g/mol. The predicted molar refractivity (Wildman–Crippen MR) is 92.0 cm³/mol. The van der Waals surface area contributed by atoms with Crippen LogP contribution in [0.1, 0.15) is 29.2 Å². The SMILES string of the molecule is CN1CCN2CCN(C(=O)c3ccc(CN4CCCC4)o3)CC2C1. The Morgan fingerprint density at radius 2 is 1.88 bits per heavy atom. The van der Waals surface area contributed by atoms with E-state index in [1.807, 2.05) is 17.0 Å². The Morgan fingerprint density at radius 1 is 1.08 bits per heavy atom. The van der Waals surface area contributed by atoms with Crippen molar-refractivity contribution in [1.29, 1.82) is 0 Å². The van der Waals surface area contributed by atoms with Crippen LogP contribution >= 0.6 is 0 Å². The van der Waals surface area contributed by atoms with E-state index in [0.717, 1.165) is 64.7 Å². The van der Waals surface area contributed by atoms with Crippen molar-refractivity contribution in [2.45, 2.75) is 25.4 Å². The molecule has 4 heterocycles. The fraction of sp³-hybridized carbons (Fsp3) is 0.722. The molecule has 0 aromatic carbocycles. The molecule has 6 heteroatoms. The van der Waals surface area contributed by atoms with Gasteiger partial charge in [0.15, 0.2) is 5.76 Å². The number of hydrogen-bond acceptors (Lipinski definition) is 5. The van der Waals surface area contributed by atoms with Crippen LogP contribution in [0.5, 0.6) is 0 Å². The van der Waals surface area contributed by atoms with Crippen LogP contribution in [0.15, 0.2) is 16.5 Å². The summed E-state index contributed by atoms with van der Waals surface area (Å²) in [7, 11) is 2.16. The number of likely N-dealkylation sites (N-methyl/N-ethyl adjacent to an activating group) is 1. The average Bonchev–Trinajstić information content (AvgIpc) is 3.26. The Hall–Kier alpha value is -1.37. The van der Waals surface area contributed by atoms with E-state index < -0.39 is 0 Å². The molecule has 0 radical (unpaired) electrons. The second kappa shape index (κ2) is 6.86. The standard InChI is InChI=1S/C18H28N4O2/c1-19-8-9-21-10-11-22(13-15(21)12-19)18(23)17-5-4-16(24-17)14-20-6-2-3-7-20/h4-5,15H,2-3,6-14H2,1H3. The average molecular weight is 332 g/mol. The number of hydrogen-bond donors (Lipinski definition) is 0. The van der Waals surface area contributed by atoms with Gasteiger partial charge in [-0.25, -0.2) is 0 Å². The van der Waals surface area contributed by atoms with Gasteiger partial charge < -0.3 is 14.2 Å². The molecule has 24 heavy (non-hydrogen) atoms. The minimum atomic E-state index is 0.0514. The Morgan fingerprint density at radius 3 is 2.71 bits per heavy atom. The molecule has 3 fully saturated rings. The van der Waals surface area contributed by atoms with Crippen LogP contribution in [0.4, 0.5) is 0 Å². The molecule has 0 bridgehead atoms. The van der Waals surface area contributed by atoms with Gasteiger partial charge >= 0.3 is 0 Å². The van der Waals surface area contributed by atoms with E-state index in [9.17, 15) is 4.79 Å². The fourth-order valence-electron chi connectivity index (χ4n) is 4.19. The predicted octanol–water partition coefficient (Wildman–Crippen LogP) is 0.947. The van der Waals surface area contributed by atoms with Crippen molar-refractivity contribution in [3.8, 4) is 0 Å². The van der Waals surface area contributed by atoms with E-state index in [0.29, 0.717) is 11.8 Å². The van der Waals surface area contributed by atoms with Gasteiger partial charge in [-0.15, -0.1) is 0 Å². The zero-order valence-corrected chi connectivity index (χ0v) is 14.6. The molecule has 132 valence electrons. The zero-order chi connectivity index (χ0) is 16.5. The highest BCUT2D eigenvalue weighted by molar-refractivity contribution is 5.91. The molecule has 1 aromatic rings. The second-order valence-electron chi connectivity index (χ2n) is 7.45. The Balaban J connectivity index is 1.37. The maximum Gasteiger partial charge on any atom is 0.289 e. The molecule has 4 rings (SSSR count). The topological polar surface area (TPSA) is 43.2 Å². The normalized spacial score (nSPS) is 26.7. The van der Waals surface area contributed by atoms with E-state index in [-0.39, 0.29) is 5.91 Å². The highest BCUT2D eigenvalue weighted by Crippen LogP contribution is 2.19. The van der Waals surface area contributed by atoms with Gasteiger partial charge in [0, 0.05) is 45.3 Å². The molecule has 0 N–H and O–H groups in total. The summed E-state index contributed by atoms with van der Waals surface area (Å²) >= 11 is 0. The highest BCUT2D eigenvalue weighted by Gasteiger charge is 2.33. The van der Waals surface area contributed by atoms with Gasteiger partial charge in [0.1, 0.15) is 5.76 Å². The first kappa shape index (κ1) is 16.1. The summed E-state index contributed by atoms with van der Waals surface area (Å²) in [6.45, 7) is 8.99. The van der Waals surface area contributed by atoms with Gasteiger partial charge in [-0.2, -0.15) is 0 Å². The Kier molecular flexibility index (Phi) is 4.61. The van der Waals surface area contributed by atoms with Crippen LogP contribution in [-0.4, -0.2) is 91.0 Å². The van der Waals surface area contributed by atoms with Crippen molar-refractivity contribution < 1.29 is 9.21 Å². The Labute approximate surface area is 144 Å². The summed E-state index contributed by atoms with van der Waals surface area (Å²) in [5.74, 6) is 1.47. The third-order valence-corrected chi connectivity index (χ3v) is 5.63. The molecule has 0 spiro atoms. The number of nitrogens with zero attached hydrogens (tertiary/aromatic N) is 4. The van der Waals surface area contributed by atoms with Gasteiger partial charge in [-0.3, -0.25) is 14.6 Å². The number of fused-ring (bicyclic) bond motifs is 1. The van der Waals surface area contributed by atoms with E-state index in [4.69, 9.17) is 4.42 Å². The van der Waals surface area contributed by atoms with Crippen molar-refractivity contribution >= 4 is 5.91 Å². The van der Waals surface area contributed by atoms with Crippen LogP contribution in [0.25, 0.3) is 0 Å². The summed E-state index contributed by atoms with van der Waals surface area (Å²) in [4.78, 5) is 22.0. The second-order valence-corrected chi connectivity index (χ2v) is 7.45. The van der Waals surface area contributed by atoms with Crippen molar-refractivity contribution in [2.24, 2.45) is 0 Å². The van der Waals surface area contributed by atoms with Gasteiger partial charge in [-0.1, -0.05) is 0 Å². The minimum absolute atomic E-state index is 0.0514. The number of carbonyl (C=O) groups excluding carboxylic acids is 1. The minimum Gasteiger partial charge on any atom is -0.455 e. The van der Waals surface area contributed by atoms with Crippen LogP contribution in [0, 0.1) is 0 Å². The first-order valence-corrected chi connectivity index (χ1v) is 9.22. The largest absolute Gasteiger partial charge is 0.455 e. The molecule has 6 nitrogen and oxygen atoms in total. The number of piperazine rings is 2. The number of likely N-dealkylation sites (tertiary alicyclic amines) is 1. The number of amides is 1. The molecule has 1 aromatic heterocycles. The molecule has 1 atom stereocenters. The van der Waals surface area contributed by atoms with Gasteiger partial charge in [0.05, 0.1) is 6.54 Å². The monoisotopic (exact) mass is 332 g/mol. The van der Waals surface area contributed by atoms with E-state index >= 15 is 0 Å². The van der Waals surface area contributed by atoms with Gasteiger partial charge in [0.25, 0.3) is 5.91 Å².